The van der Waals surface area contributed by atoms with Crippen LogP contribution in [-0.4, -0.2) is 43.8 Å². The smallest absolute Gasteiger partial charge is 0.346 e. The van der Waals surface area contributed by atoms with E-state index < -0.39 is 5.97 Å². The molecule has 1 aliphatic carbocycles. The Balaban J connectivity index is 2.20. The summed E-state index contributed by atoms with van der Waals surface area (Å²) in [7, 11) is 5.94. The van der Waals surface area contributed by atoms with E-state index in [0.717, 1.165) is 41.2 Å². The van der Waals surface area contributed by atoms with Crippen molar-refractivity contribution < 1.29 is 9.90 Å². The number of carbonyl (C=O) groups is 1. The van der Waals surface area contributed by atoms with Gasteiger partial charge in [0.15, 0.2) is 0 Å². The fourth-order valence-corrected chi connectivity index (χ4v) is 3.94. The van der Waals surface area contributed by atoms with Crippen molar-refractivity contribution in [1.82, 2.24) is 10.4 Å². The molecule has 1 aromatic rings. The lowest BCUT2D eigenvalue weighted by Crippen LogP contribution is -2.27. The maximum atomic E-state index is 11.4. The summed E-state index contributed by atoms with van der Waals surface area (Å²) in [5.41, 5.74) is 7.95. The lowest BCUT2D eigenvalue weighted by atomic mass is 9.91. The van der Waals surface area contributed by atoms with Crippen LogP contribution >= 0.6 is 11.3 Å². The number of hydrogen-bond acceptors (Lipinski definition) is 5. The van der Waals surface area contributed by atoms with Crippen molar-refractivity contribution in [2.75, 3.05) is 32.6 Å². The van der Waals surface area contributed by atoms with Crippen LogP contribution in [0.4, 0.5) is 5.00 Å². The summed E-state index contributed by atoms with van der Waals surface area (Å²) < 4.78 is 0. The number of hydrogen-bond donors (Lipinski definition) is 2. The zero-order valence-corrected chi connectivity index (χ0v) is 12.1. The van der Waals surface area contributed by atoms with E-state index in [1.807, 2.05) is 26.0 Å². The predicted octanol–water partition coefficient (Wildman–Crippen LogP) is 1.62. The van der Waals surface area contributed by atoms with Crippen LogP contribution in [0.25, 0.3) is 5.70 Å². The third-order valence-electron chi connectivity index (χ3n) is 3.60. The van der Waals surface area contributed by atoms with E-state index in [4.69, 9.17) is 0 Å². The normalized spacial score (nSPS) is 18.1. The number of nitrogens with zero attached hydrogens (tertiary/aromatic N) is 2. The summed E-state index contributed by atoms with van der Waals surface area (Å²) >= 11 is 1.38. The number of anilines is 1. The van der Waals surface area contributed by atoms with Gasteiger partial charge in [-0.1, -0.05) is 0 Å². The molecule has 2 N–H and O–H groups in total. The average Bonchev–Trinajstić information content (AvgIpc) is 2.86. The summed E-state index contributed by atoms with van der Waals surface area (Å²) in [6.45, 7) is 0.917. The number of aromatic carboxylic acids is 1. The van der Waals surface area contributed by atoms with Gasteiger partial charge in [-0.25, -0.2) is 9.80 Å². The van der Waals surface area contributed by atoms with Crippen LogP contribution in [-0.2, 0) is 6.42 Å². The number of carboxylic acid groups (broad SMARTS) is 1. The van der Waals surface area contributed by atoms with Gasteiger partial charge in [-0.05, 0) is 24.0 Å². The Bertz CT molecular complexity index is 589. The molecule has 1 aromatic heterocycles. The molecule has 0 fully saturated rings. The third-order valence-corrected chi connectivity index (χ3v) is 4.99. The Hall–Kier alpha value is -1.53. The first-order valence-corrected chi connectivity index (χ1v) is 7.07. The Labute approximate surface area is 116 Å². The van der Waals surface area contributed by atoms with Gasteiger partial charge in [0.2, 0.25) is 0 Å². The van der Waals surface area contributed by atoms with Crippen molar-refractivity contribution in [1.29, 1.82) is 0 Å². The molecule has 0 atom stereocenters. The van der Waals surface area contributed by atoms with Crippen molar-refractivity contribution in [2.24, 2.45) is 0 Å². The standard InChI is InChI=1S/C13H17N3O2S/c1-15(2)12-9-8(11(19-12)13(17)18)5-4-7-6-16(3)14-10(7)9/h14H,4-6H2,1-3H3,(H,17,18). The van der Waals surface area contributed by atoms with Crippen LogP contribution in [0.15, 0.2) is 5.57 Å². The van der Waals surface area contributed by atoms with E-state index >= 15 is 0 Å². The second kappa shape index (κ2) is 4.25. The van der Waals surface area contributed by atoms with Gasteiger partial charge in [0, 0.05) is 33.3 Å². The number of fused-ring (bicyclic) bond motifs is 2. The minimum absolute atomic E-state index is 0.488. The highest BCUT2D eigenvalue weighted by Crippen LogP contribution is 2.45. The van der Waals surface area contributed by atoms with Crippen molar-refractivity contribution >= 4 is 28.0 Å². The zero-order chi connectivity index (χ0) is 13.7. The third kappa shape index (κ3) is 1.82. The highest BCUT2D eigenvalue weighted by atomic mass is 32.1. The van der Waals surface area contributed by atoms with Crippen molar-refractivity contribution in [3.8, 4) is 0 Å². The molecule has 2 heterocycles. The topological polar surface area (TPSA) is 55.8 Å². The van der Waals surface area contributed by atoms with Gasteiger partial charge in [0.25, 0.3) is 0 Å². The molecule has 19 heavy (non-hydrogen) atoms. The van der Waals surface area contributed by atoms with E-state index in [1.54, 1.807) is 0 Å². The van der Waals surface area contributed by atoms with Gasteiger partial charge in [-0.2, -0.15) is 0 Å². The molecular formula is C13H17N3O2S. The minimum atomic E-state index is -0.815. The Morgan fingerprint density at radius 3 is 2.79 bits per heavy atom. The zero-order valence-electron chi connectivity index (χ0n) is 11.3. The molecule has 0 spiro atoms. The SMILES string of the molecule is CN1CC2=C(N1)c1c(N(C)C)sc(C(=O)O)c1CC2. The van der Waals surface area contributed by atoms with Crippen LogP contribution < -0.4 is 10.3 Å². The molecule has 0 unspecified atom stereocenters. The minimum Gasteiger partial charge on any atom is -0.477 e. The number of carboxylic acids is 1. The molecule has 0 aromatic carbocycles. The largest absolute Gasteiger partial charge is 0.477 e. The molecule has 102 valence electrons. The quantitative estimate of drug-likeness (QED) is 0.861. The Morgan fingerprint density at radius 2 is 2.16 bits per heavy atom. The molecule has 5 nitrogen and oxygen atoms in total. The molecule has 0 radical (unpaired) electrons. The molecule has 0 saturated heterocycles. The number of hydrazine groups is 1. The van der Waals surface area contributed by atoms with E-state index in [9.17, 15) is 9.90 Å². The van der Waals surface area contributed by atoms with Gasteiger partial charge in [0.1, 0.15) is 9.88 Å². The first kappa shape index (κ1) is 12.5. The summed E-state index contributed by atoms with van der Waals surface area (Å²) in [4.78, 5) is 13.9. The first-order chi connectivity index (χ1) is 8.99. The molecular weight excluding hydrogens is 262 g/mol. The van der Waals surface area contributed by atoms with Crippen LogP contribution in [0, 0.1) is 0 Å². The van der Waals surface area contributed by atoms with E-state index in [-0.39, 0.29) is 0 Å². The van der Waals surface area contributed by atoms with Crippen molar-refractivity contribution in [2.45, 2.75) is 12.8 Å². The van der Waals surface area contributed by atoms with Gasteiger partial charge < -0.3 is 15.4 Å². The monoisotopic (exact) mass is 279 g/mol. The Kier molecular flexibility index (Phi) is 2.79. The van der Waals surface area contributed by atoms with Crippen molar-refractivity contribution in [3.63, 3.8) is 0 Å². The predicted molar refractivity (Wildman–Crippen MR) is 76.6 cm³/mol. The lowest BCUT2D eigenvalue weighted by Gasteiger charge is -2.20. The maximum Gasteiger partial charge on any atom is 0.346 e. The molecule has 3 rings (SSSR count). The number of rotatable bonds is 2. The van der Waals surface area contributed by atoms with Gasteiger partial charge >= 0.3 is 5.97 Å². The molecule has 0 saturated carbocycles. The fraction of sp³-hybridized carbons (Fsp3) is 0.462. The summed E-state index contributed by atoms with van der Waals surface area (Å²) in [5.74, 6) is -0.815. The van der Waals surface area contributed by atoms with E-state index in [2.05, 4.69) is 10.4 Å². The van der Waals surface area contributed by atoms with Crippen LogP contribution in [0.5, 0.6) is 0 Å². The summed E-state index contributed by atoms with van der Waals surface area (Å²) in [6.07, 6.45) is 1.78. The van der Waals surface area contributed by atoms with Gasteiger partial charge in [-0.15, -0.1) is 11.3 Å². The molecule has 1 aliphatic heterocycles. The van der Waals surface area contributed by atoms with E-state index in [0.29, 0.717) is 4.88 Å². The summed E-state index contributed by atoms with van der Waals surface area (Å²) in [5, 5.41) is 12.5. The first-order valence-electron chi connectivity index (χ1n) is 6.25. The molecule has 6 heteroatoms. The van der Waals surface area contributed by atoms with Gasteiger partial charge in [0.05, 0.1) is 5.70 Å². The highest BCUT2D eigenvalue weighted by molar-refractivity contribution is 7.18. The van der Waals surface area contributed by atoms with Gasteiger partial charge in [-0.3, -0.25) is 0 Å². The lowest BCUT2D eigenvalue weighted by molar-refractivity contribution is 0.0701. The van der Waals surface area contributed by atoms with E-state index in [1.165, 1.54) is 16.9 Å². The van der Waals surface area contributed by atoms with Crippen LogP contribution in [0.2, 0.25) is 0 Å². The van der Waals surface area contributed by atoms with Crippen LogP contribution in [0.3, 0.4) is 0 Å². The maximum absolute atomic E-state index is 11.4. The highest BCUT2D eigenvalue weighted by Gasteiger charge is 2.33. The number of nitrogens with one attached hydrogen (secondary N) is 1. The second-order valence-corrected chi connectivity index (χ2v) is 6.23. The van der Waals surface area contributed by atoms with Crippen LogP contribution in [0.1, 0.15) is 27.2 Å². The average molecular weight is 279 g/mol. The van der Waals surface area contributed by atoms with Crippen molar-refractivity contribution in [3.05, 3.63) is 21.6 Å². The number of thiophene rings is 1. The molecule has 0 bridgehead atoms. The number of likely N-dealkylation sites (N-methyl/N-ethyl adjacent to an activating group) is 1. The second-order valence-electron chi connectivity index (χ2n) is 5.24. The molecule has 2 aliphatic rings. The molecule has 0 amide bonds. The fourth-order valence-electron chi connectivity index (χ4n) is 2.82. The Morgan fingerprint density at radius 1 is 1.42 bits per heavy atom. The summed E-state index contributed by atoms with van der Waals surface area (Å²) in [6, 6.07) is 0.